The van der Waals surface area contributed by atoms with Crippen LogP contribution >= 0.6 is 0 Å². The predicted molar refractivity (Wildman–Crippen MR) is 106 cm³/mol. The zero-order valence-corrected chi connectivity index (χ0v) is 17.5. The van der Waals surface area contributed by atoms with Crippen molar-refractivity contribution in [1.82, 2.24) is 4.72 Å². The molecule has 3 rings (SSSR count). The molecule has 2 N–H and O–H groups in total. The summed E-state index contributed by atoms with van der Waals surface area (Å²) in [6.45, 7) is 9.24. The second kappa shape index (κ2) is 6.90. The molecule has 1 aliphatic rings. The molecule has 7 heteroatoms. The van der Waals surface area contributed by atoms with Gasteiger partial charge in [0.1, 0.15) is 17.4 Å². The standard InChI is InChI=1S/C21H25NO5S/c1-12-13(2)19(14(3)16-11-21(4,5)27-18(12)16)28(25,26)22-17(20(23)24)15-9-7-6-8-10-15/h6-10,17,22H,11H2,1-5H3,(H,23,24). The van der Waals surface area contributed by atoms with Gasteiger partial charge in [0.25, 0.3) is 0 Å². The van der Waals surface area contributed by atoms with Gasteiger partial charge in [-0.1, -0.05) is 30.3 Å². The number of nitrogens with one attached hydrogen (secondary N) is 1. The Morgan fingerprint density at radius 2 is 1.71 bits per heavy atom. The van der Waals surface area contributed by atoms with Gasteiger partial charge in [-0.05, 0) is 56.9 Å². The molecule has 0 saturated heterocycles. The van der Waals surface area contributed by atoms with E-state index in [1.165, 1.54) is 0 Å². The van der Waals surface area contributed by atoms with Crippen molar-refractivity contribution in [3.8, 4) is 5.75 Å². The molecule has 0 amide bonds. The first-order valence-electron chi connectivity index (χ1n) is 9.06. The smallest absolute Gasteiger partial charge is 0.326 e. The fraction of sp³-hybridized carbons (Fsp3) is 0.381. The molecule has 2 aromatic carbocycles. The summed E-state index contributed by atoms with van der Waals surface area (Å²) in [5.41, 5.74) is 2.76. The van der Waals surface area contributed by atoms with Crippen LogP contribution in [0.15, 0.2) is 35.2 Å². The predicted octanol–water partition coefficient (Wildman–Crippen LogP) is 3.43. The van der Waals surface area contributed by atoms with Gasteiger partial charge < -0.3 is 9.84 Å². The van der Waals surface area contributed by atoms with Crippen molar-refractivity contribution in [2.45, 2.75) is 57.6 Å². The first-order valence-corrected chi connectivity index (χ1v) is 10.5. The SMILES string of the molecule is Cc1c(C)c(S(=O)(=O)NC(C(=O)O)c2ccccc2)c(C)c2c1OC(C)(C)C2. The van der Waals surface area contributed by atoms with Crippen molar-refractivity contribution in [3.05, 3.63) is 58.1 Å². The Morgan fingerprint density at radius 1 is 1.11 bits per heavy atom. The molecule has 0 fully saturated rings. The van der Waals surface area contributed by atoms with E-state index in [9.17, 15) is 18.3 Å². The Balaban J connectivity index is 2.11. The van der Waals surface area contributed by atoms with Crippen LogP contribution in [0.5, 0.6) is 5.75 Å². The zero-order chi connectivity index (χ0) is 20.9. The van der Waals surface area contributed by atoms with Crippen LogP contribution in [0.25, 0.3) is 0 Å². The Kier molecular flexibility index (Phi) is 5.02. The third-order valence-electron chi connectivity index (χ3n) is 5.21. The maximum Gasteiger partial charge on any atom is 0.326 e. The maximum absolute atomic E-state index is 13.3. The van der Waals surface area contributed by atoms with Crippen LogP contribution in [0.3, 0.4) is 0 Å². The molecule has 1 heterocycles. The summed E-state index contributed by atoms with van der Waals surface area (Å²) < 4.78 is 34.9. The highest BCUT2D eigenvalue weighted by molar-refractivity contribution is 7.89. The number of rotatable bonds is 5. The molecule has 0 saturated carbocycles. The van der Waals surface area contributed by atoms with Crippen LogP contribution < -0.4 is 9.46 Å². The number of sulfonamides is 1. The van der Waals surface area contributed by atoms with Gasteiger partial charge in [0.15, 0.2) is 0 Å². The summed E-state index contributed by atoms with van der Waals surface area (Å²) in [6, 6.07) is 6.91. The van der Waals surface area contributed by atoms with Gasteiger partial charge in [-0.15, -0.1) is 0 Å². The van der Waals surface area contributed by atoms with E-state index in [0.717, 1.165) is 16.9 Å². The van der Waals surface area contributed by atoms with E-state index in [1.807, 2.05) is 20.8 Å². The summed E-state index contributed by atoms with van der Waals surface area (Å²) in [5, 5.41) is 9.61. The van der Waals surface area contributed by atoms with Gasteiger partial charge in [0.05, 0.1) is 4.90 Å². The van der Waals surface area contributed by atoms with E-state index >= 15 is 0 Å². The molecule has 0 spiro atoms. The summed E-state index contributed by atoms with van der Waals surface area (Å²) in [4.78, 5) is 11.9. The summed E-state index contributed by atoms with van der Waals surface area (Å²) in [7, 11) is -4.08. The molecule has 6 nitrogen and oxygen atoms in total. The van der Waals surface area contributed by atoms with Gasteiger partial charge in [-0.3, -0.25) is 4.79 Å². The Morgan fingerprint density at radius 3 is 2.29 bits per heavy atom. The number of carboxylic acid groups (broad SMARTS) is 1. The average molecular weight is 404 g/mol. The minimum absolute atomic E-state index is 0.132. The van der Waals surface area contributed by atoms with Crippen molar-refractivity contribution >= 4 is 16.0 Å². The lowest BCUT2D eigenvalue weighted by Crippen LogP contribution is -2.34. The molecule has 0 radical (unpaired) electrons. The molecule has 0 aromatic heterocycles. The molecule has 28 heavy (non-hydrogen) atoms. The number of fused-ring (bicyclic) bond motifs is 1. The van der Waals surface area contributed by atoms with Crippen LogP contribution in [0, 0.1) is 20.8 Å². The second-order valence-electron chi connectivity index (χ2n) is 7.85. The molecular formula is C21H25NO5S. The molecule has 1 unspecified atom stereocenters. The van der Waals surface area contributed by atoms with E-state index in [-0.39, 0.29) is 4.90 Å². The van der Waals surface area contributed by atoms with Crippen LogP contribution in [0.2, 0.25) is 0 Å². The zero-order valence-electron chi connectivity index (χ0n) is 16.7. The Hall–Kier alpha value is -2.38. The second-order valence-corrected chi connectivity index (χ2v) is 9.50. The summed E-state index contributed by atoms with van der Waals surface area (Å²) >= 11 is 0. The van der Waals surface area contributed by atoms with Crippen LogP contribution in [0.1, 0.15) is 47.7 Å². The number of carbonyl (C=O) groups is 1. The average Bonchev–Trinajstić information content (AvgIpc) is 2.94. The van der Waals surface area contributed by atoms with Gasteiger partial charge >= 0.3 is 5.97 Å². The lowest BCUT2D eigenvalue weighted by Gasteiger charge is -2.21. The largest absolute Gasteiger partial charge is 0.487 e. The third kappa shape index (κ3) is 3.52. The molecule has 1 aliphatic heterocycles. The first-order chi connectivity index (χ1) is 12.9. The van der Waals surface area contributed by atoms with Crippen molar-refractivity contribution in [2.75, 3.05) is 0 Å². The number of benzene rings is 2. The molecule has 0 bridgehead atoms. The number of hydrogen-bond acceptors (Lipinski definition) is 4. The summed E-state index contributed by atoms with van der Waals surface area (Å²) in [5.74, 6) is -0.524. The number of hydrogen-bond donors (Lipinski definition) is 2. The van der Waals surface area contributed by atoms with Crippen molar-refractivity contribution in [3.63, 3.8) is 0 Å². The monoisotopic (exact) mass is 403 g/mol. The van der Waals surface area contributed by atoms with Gasteiger partial charge in [0, 0.05) is 12.0 Å². The number of carboxylic acids is 1. The van der Waals surface area contributed by atoms with E-state index in [4.69, 9.17) is 4.74 Å². The molecule has 150 valence electrons. The minimum atomic E-state index is -4.08. The van der Waals surface area contributed by atoms with Gasteiger partial charge in [-0.25, -0.2) is 8.42 Å². The Bertz CT molecular complexity index is 1040. The Labute approximate surface area is 165 Å². The fourth-order valence-electron chi connectivity index (χ4n) is 3.77. The van der Waals surface area contributed by atoms with Crippen LogP contribution in [-0.2, 0) is 21.2 Å². The number of aliphatic carboxylic acids is 1. The highest BCUT2D eigenvalue weighted by Crippen LogP contribution is 2.43. The third-order valence-corrected chi connectivity index (χ3v) is 6.91. The molecule has 1 atom stereocenters. The highest BCUT2D eigenvalue weighted by Gasteiger charge is 2.37. The summed E-state index contributed by atoms with van der Waals surface area (Å²) in [6.07, 6.45) is 0.596. The highest BCUT2D eigenvalue weighted by atomic mass is 32.2. The van der Waals surface area contributed by atoms with Gasteiger partial charge in [0.2, 0.25) is 10.0 Å². The minimum Gasteiger partial charge on any atom is -0.487 e. The first kappa shape index (κ1) is 20.4. The van der Waals surface area contributed by atoms with E-state index in [0.29, 0.717) is 23.1 Å². The van der Waals surface area contributed by atoms with Crippen molar-refractivity contribution in [2.24, 2.45) is 0 Å². The maximum atomic E-state index is 13.3. The van der Waals surface area contributed by atoms with Crippen molar-refractivity contribution < 1.29 is 23.1 Å². The lowest BCUT2D eigenvalue weighted by atomic mass is 9.94. The van der Waals surface area contributed by atoms with Crippen molar-refractivity contribution in [1.29, 1.82) is 0 Å². The fourth-order valence-corrected chi connectivity index (χ4v) is 5.52. The van der Waals surface area contributed by atoms with Crippen LogP contribution in [-0.4, -0.2) is 25.1 Å². The van der Waals surface area contributed by atoms with Crippen LogP contribution in [0.4, 0.5) is 0 Å². The molecular weight excluding hydrogens is 378 g/mol. The lowest BCUT2D eigenvalue weighted by molar-refractivity contribution is -0.139. The topological polar surface area (TPSA) is 92.7 Å². The van der Waals surface area contributed by atoms with Gasteiger partial charge in [-0.2, -0.15) is 4.72 Å². The van der Waals surface area contributed by atoms with E-state index < -0.39 is 27.6 Å². The quantitative estimate of drug-likeness (QED) is 0.798. The van der Waals surface area contributed by atoms with E-state index in [2.05, 4.69) is 4.72 Å². The molecule has 2 aromatic rings. The number of ether oxygens (including phenoxy) is 1. The van der Waals surface area contributed by atoms with E-state index in [1.54, 1.807) is 44.2 Å². The molecule has 0 aliphatic carbocycles. The normalized spacial score (nSPS) is 16.3.